The summed E-state index contributed by atoms with van der Waals surface area (Å²) in [6.07, 6.45) is 0.398. The number of hydrogen-bond donors (Lipinski definition) is 1. The predicted octanol–water partition coefficient (Wildman–Crippen LogP) is 1.20. The normalized spacial score (nSPS) is 15.0. The summed E-state index contributed by atoms with van der Waals surface area (Å²) < 4.78 is 10.4. The quantitative estimate of drug-likeness (QED) is 0.846. The second-order valence-electron chi connectivity index (χ2n) is 5.71. The number of nitrogens with zero attached hydrogens (tertiary/aromatic N) is 2. The van der Waals surface area contributed by atoms with Crippen molar-refractivity contribution in [2.75, 3.05) is 52.3 Å². The fourth-order valence-corrected chi connectivity index (χ4v) is 2.66. The smallest absolute Gasteiger partial charge is 0.225 e. The summed E-state index contributed by atoms with van der Waals surface area (Å²) >= 11 is 0. The highest BCUT2D eigenvalue weighted by molar-refractivity contribution is 5.92. The number of hydrogen-bond acceptors (Lipinski definition) is 5. The molecule has 1 aromatic rings. The van der Waals surface area contributed by atoms with Crippen LogP contribution < -0.4 is 14.8 Å². The fraction of sp³-hybridized carbons (Fsp3) is 0.529. The first-order chi connectivity index (χ1) is 11.5. The van der Waals surface area contributed by atoms with Crippen LogP contribution in [0.4, 0.5) is 5.69 Å². The van der Waals surface area contributed by atoms with E-state index < -0.39 is 0 Å². The molecule has 2 amide bonds. The molecule has 1 heterocycles. The summed E-state index contributed by atoms with van der Waals surface area (Å²) in [7, 11) is 3.14. The van der Waals surface area contributed by atoms with Crippen LogP contribution in [0.5, 0.6) is 11.5 Å². The maximum Gasteiger partial charge on any atom is 0.225 e. The zero-order valence-electron chi connectivity index (χ0n) is 14.5. The van der Waals surface area contributed by atoms with Gasteiger partial charge in [0.15, 0.2) is 0 Å². The van der Waals surface area contributed by atoms with Gasteiger partial charge in [-0.25, -0.2) is 0 Å². The van der Waals surface area contributed by atoms with Crippen LogP contribution in [0.25, 0.3) is 0 Å². The third kappa shape index (κ3) is 4.86. The van der Waals surface area contributed by atoms with Gasteiger partial charge < -0.3 is 19.7 Å². The topological polar surface area (TPSA) is 71.1 Å². The minimum absolute atomic E-state index is 0.0625. The molecule has 1 N–H and O–H groups in total. The lowest BCUT2D eigenvalue weighted by Gasteiger charge is -2.34. The van der Waals surface area contributed by atoms with Crippen molar-refractivity contribution in [1.82, 2.24) is 9.80 Å². The molecule has 132 valence electrons. The molecule has 0 unspecified atom stereocenters. The van der Waals surface area contributed by atoms with Crippen LogP contribution in [0.1, 0.15) is 13.3 Å². The molecule has 7 nitrogen and oxygen atoms in total. The van der Waals surface area contributed by atoms with Crippen LogP contribution in [0.3, 0.4) is 0 Å². The number of carbonyl (C=O) groups is 2. The van der Waals surface area contributed by atoms with Gasteiger partial charge in [0, 0.05) is 52.1 Å². The minimum Gasteiger partial charge on any atom is -0.497 e. The Labute approximate surface area is 142 Å². The lowest BCUT2D eigenvalue weighted by Crippen LogP contribution is -2.48. The standard InChI is InChI=1S/C17H25N3O4/c1-13(21)20-10-8-19(9-11-20)7-6-17(22)18-15-5-4-14(23-2)12-16(15)24-3/h4-5,12H,6-11H2,1-3H3,(H,18,22). The Morgan fingerprint density at radius 2 is 1.83 bits per heavy atom. The second-order valence-corrected chi connectivity index (χ2v) is 5.71. The van der Waals surface area contributed by atoms with E-state index >= 15 is 0 Å². The van der Waals surface area contributed by atoms with Gasteiger partial charge in [-0.15, -0.1) is 0 Å². The maximum atomic E-state index is 12.2. The highest BCUT2D eigenvalue weighted by atomic mass is 16.5. The van der Waals surface area contributed by atoms with Gasteiger partial charge in [0.05, 0.1) is 19.9 Å². The van der Waals surface area contributed by atoms with Crippen molar-refractivity contribution in [3.63, 3.8) is 0 Å². The number of benzene rings is 1. The lowest BCUT2D eigenvalue weighted by atomic mass is 10.2. The number of amides is 2. The van der Waals surface area contributed by atoms with Gasteiger partial charge in [-0.3, -0.25) is 14.5 Å². The van der Waals surface area contributed by atoms with Crippen molar-refractivity contribution < 1.29 is 19.1 Å². The molecule has 1 saturated heterocycles. The average molecular weight is 335 g/mol. The van der Waals surface area contributed by atoms with Crippen LogP contribution in [-0.2, 0) is 9.59 Å². The lowest BCUT2D eigenvalue weighted by molar-refractivity contribution is -0.130. The summed E-state index contributed by atoms with van der Waals surface area (Å²) in [6, 6.07) is 5.27. The van der Waals surface area contributed by atoms with E-state index in [1.807, 2.05) is 4.90 Å². The Morgan fingerprint density at radius 1 is 1.12 bits per heavy atom. The largest absolute Gasteiger partial charge is 0.497 e. The van der Waals surface area contributed by atoms with E-state index in [1.165, 1.54) is 0 Å². The Bertz CT molecular complexity index is 583. The molecule has 7 heteroatoms. The summed E-state index contributed by atoms with van der Waals surface area (Å²) in [6.45, 7) is 5.32. The SMILES string of the molecule is COc1ccc(NC(=O)CCN2CCN(C(C)=O)CC2)c(OC)c1. The van der Waals surface area contributed by atoms with E-state index in [2.05, 4.69) is 10.2 Å². The number of ether oxygens (including phenoxy) is 2. The van der Waals surface area contributed by atoms with Crippen molar-refractivity contribution in [2.24, 2.45) is 0 Å². The second kappa shape index (κ2) is 8.54. The Morgan fingerprint density at radius 3 is 2.42 bits per heavy atom. The van der Waals surface area contributed by atoms with Gasteiger partial charge in [-0.05, 0) is 12.1 Å². The molecule has 0 atom stereocenters. The summed E-state index contributed by atoms with van der Waals surface area (Å²) in [5, 5.41) is 2.87. The van der Waals surface area contributed by atoms with Gasteiger partial charge in [0.1, 0.15) is 11.5 Å². The van der Waals surface area contributed by atoms with Crippen LogP contribution in [-0.4, -0.2) is 68.6 Å². The van der Waals surface area contributed by atoms with Crippen LogP contribution in [0.2, 0.25) is 0 Å². The van der Waals surface area contributed by atoms with Crippen LogP contribution in [0, 0.1) is 0 Å². The number of anilines is 1. The highest BCUT2D eigenvalue weighted by Crippen LogP contribution is 2.29. The molecule has 1 aromatic carbocycles. The summed E-state index contributed by atoms with van der Waals surface area (Å²) in [5.74, 6) is 1.29. The monoisotopic (exact) mass is 335 g/mol. The van der Waals surface area contributed by atoms with E-state index in [0.29, 0.717) is 30.2 Å². The molecule has 0 spiro atoms. The van der Waals surface area contributed by atoms with Gasteiger partial charge in [0.2, 0.25) is 11.8 Å². The van der Waals surface area contributed by atoms with E-state index in [-0.39, 0.29) is 11.8 Å². The van der Waals surface area contributed by atoms with Gasteiger partial charge in [0.25, 0.3) is 0 Å². The minimum atomic E-state index is -0.0625. The first-order valence-corrected chi connectivity index (χ1v) is 8.03. The summed E-state index contributed by atoms with van der Waals surface area (Å²) in [5.41, 5.74) is 0.629. The molecule has 1 aliphatic rings. The Hall–Kier alpha value is -2.28. The van der Waals surface area contributed by atoms with Crippen molar-refractivity contribution in [2.45, 2.75) is 13.3 Å². The number of carbonyl (C=O) groups excluding carboxylic acids is 2. The molecule has 2 rings (SSSR count). The molecular formula is C17H25N3O4. The molecule has 0 bridgehead atoms. The van der Waals surface area contributed by atoms with Crippen molar-refractivity contribution in [3.8, 4) is 11.5 Å². The first-order valence-electron chi connectivity index (χ1n) is 8.03. The average Bonchev–Trinajstić information content (AvgIpc) is 2.60. The van der Waals surface area contributed by atoms with Crippen molar-refractivity contribution >= 4 is 17.5 Å². The van der Waals surface area contributed by atoms with Crippen LogP contribution >= 0.6 is 0 Å². The number of nitrogens with one attached hydrogen (secondary N) is 1. The van der Waals surface area contributed by atoms with E-state index in [4.69, 9.17) is 9.47 Å². The molecule has 0 saturated carbocycles. The summed E-state index contributed by atoms with van der Waals surface area (Å²) in [4.78, 5) is 27.5. The van der Waals surface area contributed by atoms with Crippen molar-refractivity contribution in [1.29, 1.82) is 0 Å². The van der Waals surface area contributed by atoms with Gasteiger partial charge in [-0.1, -0.05) is 0 Å². The predicted molar refractivity (Wildman–Crippen MR) is 91.5 cm³/mol. The zero-order chi connectivity index (χ0) is 17.5. The third-order valence-electron chi connectivity index (χ3n) is 4.16. The maximum absolute atomic E-state index is 12.2. The molecule has 24 heavy (non-hydrogen) atoms. The number of piperazine rings is 1. The number of methoxy groups -OCH3 is 2. The molecule has 1 fully saturated rings. The molecule has 0 aliphatic carbocycles. The molecule has 1 aliphatic heterocycles. The van der Waals surface area contributed by atoms with Crippen molar-refractivity contribution in [3.05, 3.63) is 18.2 Å². The molecule has 0 aromatic heterocycles. The van der Waals surface area contributed by atoms with Gasteiger partial charge >= 0.3 is 0 Å². The Balaban J connectivity index is 1.81. The fourth-order valence-electron chi connectivity index (χ4n) is 2.66. The van der Waals surface area contributed by atoms with E-state index in [0.717, 1.165) is 26.2 Å². The van der Waals surface area contributed by atoms with Crippen LogP contribution in [0.15, 0.2) is 18.2 Å². The molecule has 0 radical (unpaired) electrons. The first kappa shape index (κ1) is 18.1. The van der Waals surface area contributed by atoms with Gasteiger partial charge in [-0.2, -0.15) is 0 Å². The Kier molecular flexibility index (Phi) is 6.43. The van der Waals surface area contributed by atoms with E-state index in [1.54, 1.807) is 39.3 Å². The number of rotatable bonds is 6. The third-order valence-corrected chi connectivity index (χ3v) is 4.16. The highest BCUT2D eigenvalue weighted by Gasteiger charge is 2.19. The van der Waals surface area contributed by atoms with E-state index in [9.17, 15) is 9.59 Å². The molecular weight excluding hydrogens is 310 g/mol. The zero-order valence-corrected chi connectivity index (χ0v) is 14.5.